The van der Waals surface area contributed by atoms with E-state index in [9.17, 15) is 8.42 Å². The van der Waals surface area contributed by atoms with E-state index in [0.29, 0.717) is 24.6 Å². The Bertz CT molecular complexity index is 749. The second-order valence-electron chi connectivity index (χ2n) is 4.78. The Morgan fingerprint density at radius 3 is 3.14 bits per heavy atom. The molecule has 3 rings (SSSR count). The Hall–Kier alpha value is -0.710. The Morgan fingerprint density at radius 1 is 1.67 bits per heavy atom. The molecule has 21 heavy (non-hydrogen) atoms. The summed E-state index contributed by atoms with van der Waals surface area (Å²) >= 11 is 7.27. The third-order valence-corrected chi connectivity index (χ3v) is 6.07. The van der Waals surface area contributed by atoms with Crippen LogP contribution in [0.4, 0.5) is 0 Å². The fourth-order valence-corrected chi connectivity index (χ4v) is 4.80. The molecule has 3 heterocycles. The van der Waals surface area contributed by atoms with Crippen LogP contribution >= 0.6 is 22.9 Å². The zero-order chi connectivity index (χ0) is 15.1. The highest BCUT2D eigenvalue weighted by Crippen LogP contribution is 2.26. The van der Waals surface area contributed by atoms with Crippen LogP contribution in [0.15, 0.2) is 16.6 Å². The molecule has 0 bridgehead atoms. The first-order valence-corrected chi connectivity index (χ1v) is 8.95. The number of halogens is 1. The van der Waals surface area contributed by atoms with Gasteiger partial charge in [-0.3, -0.25) is 4.40 Å². The minimum absolute atomic E-state index is 0.0384. The van der Waals surface area contributed by atoms with Gasteiger partial charge < -0.3 is 9.47 Å². The summed E-state index contributed by atoms with van der Waals surface area (Å²) in [5, 5.41) is 1.66. The minimum atomic E-state index is -3.79. The molecule has 1 aliphatic heterocycles. The molecule has 0 aliphatic carbocycles. The van der Waals surface area contributed by atoms with Gasteiger partial charge in [0.15, 0.2) is 15.1 Å². The largest absolute Gasteiger partial charge is 0.378 e. The lowest BCUT2D eigenvalue weighted by Crippen LogP contribution is -2.45. The molecular formula is C11H14ClN3O4S2. The van der Waals surface area contributed by atoms with Crippen molar-refractivity contribution in [3.63, 3.8) is 0 Å². The highest BCUT2D eigenvalue weighted by atomic mass is 35.5. The summed E-state index contributed by atoms with van der Waals surface area (Å²) in [6, 6.07) is 0. The average Bonchev–Trinajstić information content (AvgIpc) is 3.11. The van der Waals surface area contributed by atoms with E-state index in [0.717, 1.165) is 0 Å². The minimum Gasteiger partial charge on any atom is -0.378 e. The predicted octanol–water partition coefficient (Wildman–Crippen LogP) is 1.13. The number of imidazole rings is 1. The van der Waals surface area contributed by atoms with Gasteiger partial charge in [-0.05, 0) is 0 Å². The number of hydrogen-bond acceptors (Lipinski definition) is 6. The molecule has 1 unspecified atom stereocenters. The van der Waals surface area contributed by atoms with E-state index >= 15 is 0 Å². The van der Waals surface area contributed by atoms with Crippen molar-refractivity contribution in [3.8, 4) is 0 Å². The molecule has 1 saturated heterocycles. The van der Waals surface area contributed by atoms with Crippen molar-refractivity contribution in [3.05, 3.63) is 16.7 Å². The van der Waals surface area contributed by atoms with Crippen molar-refractivity contribution >= 4 is 37.9 Å². The Labute approximate surface area is 130 Å². The molecule has 2 aromatic rings. The molecule has 116 valence electrons. The van der Waals surface area contributed by atoms with Crippen LogP contribution in [0.2, 0.25) is 5.15 Å². The predicted molar refractivity (Wildman–Crippen MR) is 78.4 cm³/mol. The summed E-state index contributed by atoms with van der Waals surface area (Å²) in [6.45, 7) is 1.04. The van der Waals surface area contributed by atoms with E-state index in [4.69, 9.17) is 21.1 Å². The molecule has 2 aromatic heterocycles. The van der Waals surface area contributed by atoms with E-state index in [1.165, 1.54) is 15.7 Å². The number of nitrogens with one attached hydrogen (secondary N) is 1. The van der Waals surface area contributed by atoms with Gasteiger partial charge in [0.05, 0.1) is 6.61 Å². The van der Waals surface area contributed by atoms with Crippen LogP contribution < -0.4 is 4.72 Å². The van der Waals surface area contributed by atoms with Gasteiger partial charge in [0, 0.05) is 38.3 Å². The average molecular weight is 352 g/mol. The summed E-state index contributed by atoms with van der Waals surface area (Å²) in [6.07, 6.45) is 2.26. The van der Waals surface area contributed by atoms with E-state index in [-0.39, 0.29) is 16.7 Å². The molecule has 10 heteroatoms. The van der Waals surface area contributed by atoms with Crippen molar-refractivity contribution in [1.29, 1.82) is 0 Å². The van der Waals surface area contributed by atoms with E-state index < -0.39 is 15.6 Å². The highest BCUT2D eigenvalue weighted by Gasteiger charge is 2.37. The number of methoxy groups -OCH3 is 1. The maximum Gasteiger partial charge on any atom is 0.259 e. The molecule has 0 spiro atoms. The normalized spacial score (nSPS) is 23.1. The van der Waals surface area contributed by atoms with Crippen LogP contribution in [0.1, 0.15) is 6.42 Å². The molecular weight excluding hydrogens is 338 g/mol. The first kappa shape index (κ1) is 15.2. The van der Waals surface area contributed by atoms with Gasteiger partial charge in [0.2, 0.25) is 0 Å². The zero-order valence-corrected chi connectivity index (χ0v) is 13.6. The lowest BCUT2D eigenvalue weighted by molar-refractivity contribution is -0.0120. The number of nitrogens with zero attached hydrogens (tertiary/aromatic N) is 2. The fraction of sp³-hybridized carbons (Fsp3) is 0.545. The first-order valence-electron chi connectivity index (χ1n) is 6.21. The molecule has 0 aromatic carbocycles. The van der Waals surface area contributed by atoms with Crippen LogP contribution in [0.5, 0.6) is 0 Å². The van der Waals surface area contributed by atoms with Crippen LogP contribution in [0, 0.1) is 0 Å². The zero-order valence-electron chi connectivity index (χ0n) is 11.2. The molecule has 1 fully saturated rings. The Balaban J connectivity index is 1.87. The number of ether oxygens (including phenoxy) is 2. The topological polar surface area (TPSA) is 81.9 Å². The smallest absolute Gasteiger partial charge is 0.259 e. The number of hydrogen-bond donors (Lipinski definition) is 1. The number of sulfonamides is 1. The standard InChI is InChI=1S/C11H14ClN3O4S2/c1-18-11(2-4-19-7-11)6-13-21(16,17)9-8(12)14-10-15(9)3-5-20-10/h3,5,13H,2,4,6-7H2,1H3. The summed E-state index contributed by atoms with van der Waals surface area (Å²) in [5.41, 5.74) is -0.627. The van der Waals surface area contributed by atoms with E-state index in [1.807, 2.05) is 0 Å². The van der Waals surface area contributed by atoms with Crippen LogP contribution in [-0.4, -0.2) is 50.3 Å². The summed E-state index contributed by atoms with van der Waals surface area (Å²) in [7, 11) is -2.24. The quantitative estimate of drug-likeness (QED) is 0.873. The third kappa shape index (κ3) is 2.69. The van der Waals surface area contributed by atoms with Gasteiger partial charge in [-0.1, -0.05) is 11.6 Å². The van der Waals surface area contributed by atoms with Gasteiger partial charge in [-0.2, -0.15) is 0 Å². The van der Waals surface area contributed by atoms with Gasteiger partial charge in [-0.25, -0.2) is 18.1 Å². The van der Waals surface area contributed by atoms with E-state index in [2.05, 4.69) is 9.71 Å². The maximum absolute atomic E-state index is 12.5. The Kier molecular flexibility index (Phi) is 3.97. The highest BCUT2D eigenvalue weighted by molar-refractivity contribution is 7.89. The van der Waals surface area contributed by atoms with Gasteiger partial charge in [0.1, 0.15) is 5.60 Å². The van der Waals surface area contributed by atoms with Crippen LogP contribution in [-0.2, 0) is 19.5 Å². The summed E-state index contributed by atoms with van der Waals surface area (Å²) in [4.78, 5) is 4.56. The molecule has 1 atom stereocenters. The van der Waals surface area contributed by atoms with Crippen molar-refractivity contribution in [1.82, 2.24) is 14.1 Å². The second-order valence-corrected chi connectivity index (χ2v) is 7.69. The van der Waals surface area contributed by atoms with Crippen molar-refractivity contribution in [2.75, 3.05) is 26.9 Å². The maximum atomic E-state index is 12.5. The molecule has 1 N–H and O–H groups in total. The van der Waals surface area contributed by atoms with Gasteiger partial charge in [0.25, 0.3) is 10.0 Å². The van der Waals surface area contributed by atoms with Crippen molar-refractivity contribution in [2.24, 2.45) is 0 Å². The molecule has 0 amide bonds. The van der Waals surface area contributed by atoms with Crippen molar-refractivity contribution < 1.29 is 17.9 Å². The van der Waals surface area contributed by atoms with Crippen molar-refractivity contribution in [2.45, 2.75) is 17.0 Å². The SMILES string of the molecule is COC1(CNS(=O)(=O)c2c(Cl)nc3sccn23)CCOC1. The molecule has 0 saturated carbocycles. The number of rotatable bonds is 5. The molecule has 7 nitrogen and oxygen atoms in total. The fourth-order valence-electron chi connectivity index (χ4n) is 2.23. The number of thiazole rings is 1. The third-order valence-electron chi connectivity index (χ3n) is 3.52. The van der Waals surface area contributed by atoms with Crippen LogP contribution in [0.3, 0.4) is 0 Å². The van der Waals surface area contributed by atoms with Crippen LogP contribution in [0.25, 0.3) is 4.96 Å². The van der Waals surface area contributed by atoms with Gasteiger partial charge >= 0.3 is 0 Å². The monoisotopic (exact) mass is 351 g/mol. The Morgan fingerprint density at radius 2 is 2.48 bits per heavy atom. The van der Waals surface area contributed by atoms with Gasteiger partial charge in [-0.15, -0.1) is 11.3 Å². The van der Waals surface area contributed by atoms with E-state index in [1.54, 1.807) is 18.7 Å². The first-order chi connectivity index (χ1) is 9.97. The lowest BCUT2D eigenvalue weighted by atomic mass is 10.0. The lowest BCUT2D eigenvalue weighted by Gasteiger charge is -2.25. The second kappa shape index (κ2) is 5.49. The number of aromatic nitrogens is 2. The molecule has 1 aliphatic rings. The molecule has 0 radical (unpaired) electrons. The number of fused-ring (bicyclic) bond motifs is 1. The summed E-state index contributed by atoms with van der Waals surface area (Å²) in [5.74, 6) is 0. The summed E-state index contributed by atoms with van der Waals surface area (Å²) < 4.78 is 39.7.